The average molecular weight is 660 g/mol. The molecule has 0 aliphatic heterocycles. The highest BCUT2D eigenvalue weighted by Crippen LogP contribution is 2.65. The topological polar surface area (TPSA) is 57.5 Å². The molecule has 0 bridgehead atoms. The van der Waals surface area contributed by atoms with Crippen LogP contribution in [-0.4, -0.2) is 108 Å². The molecule has 0 aliphatic carbocycles. The van der Waals surface area contributed by atoms with Gasteiger partial charge in [0.2, 0.25) is 0 Å². The lowest BCUT2D eigenvalue weighted by molar-refractivity contribution is -0.885. The van der Waals surface area contributed by atoms with Crippen molar-refractivity contribution in [1.82, 2.24) is 0 Å². The summed E-state index contributed by atoms with van der Waals surface area (Å²) >= 11 is 0. The number of hydrogen-bond donors (Lipinski definition) is 2. The molecule has 0 rings (SSSR count). The number of carboxylic acids is 1. The van der Waals surface area contributed by atoms with Gasteiger partial charge >= 0.3 is 59.5 Å². The standard InChI is InChI=1S/C17H13F20NO3/c1-38(2,5-8(40)41)4-6(39)3-7(18)9(19,20)10(21,22)11(23,24)12(25,26)13(27,28)14(29,30)15(31,32)16(33,34)17(35,36)37/h3,6,39H,4-5H2,1-2H3/p+1. The Morgan fingerprint density at radius 2 is 0.927 bits per heavy atom. The predicted octanol–water partition coefficient (Wildman–Crippen LogP) is 6.01. The Hall–Kier alpha value is -2.27. The molecule has 0 amide bonds. The summed E-state index contributed by atoms with van der Waals surface area (Å²) in [6, 6.07) is 0. The van der Waals surface area contributed by atoms with E-state index < -0.39 is 95.1 Å². The Bertz CT molecular complexity index is 999. The highest BCUT2D eigenvalue weighted by molar-refractivity contribution is 5.67. The maximum Gasteiger partial charge on any atom is 0.460 e. The molecule has 0 aliphatic rings. The lowest BCUT2D eigenvalue weighted by Gasteiger charge is -2.43. The molecular weight excluding hydrogens is 646 g/mol. The zero-order chi connectivity index (χ0) is 33.9. The minimum Gasteiger partial charge on any atom is -0.477 e. The zero-order valence-electron chi connectivity index (χ0n) is 19.4. The third-order valence-electron chi connectivity index (χ3n) is 5.00. The molecule has 1 unspecified atom stereocenters. The fraction of sp³-hybridized carbons (Fsp3) is 0.824. The van der Waals surface area contributed by atoms with Crippen LogP contribution in [0.1, 0.15) is 0 Å². The molecule has 244 valence electrons. The molecule has 24 heteroatoms. The van der Waals surface area contributed by atoms with Crippen molar-refractivity contribution in [2.75, 3.05) is 27.2 Å². The molecule has 0 saturated heterocycles. The molecule has 0 aromatic heterocycles. The summed E-state index contributed by atoms with van der Waals surface area (Å²) < 4.78 is 265. The van der Waals surface area contributed by atoms with Crippen molar-refractivity contribution in [1.29, 1.82) is 0 Å². The van der Waals surface area contributed by atoms with Crippen molar-refractivity contribution >= 4 is 5.97 Å². The van der Waals surface area contributed by atoms with Crippen molar-refractivity contribution in [3.8, 4) is 0 Å². The van der Waals surface area contributed by atoms with Gasteiger partial charge < -0.3 is 14.7 Å². The second kappa shape index (κ2) is 10.5. The lowest BCUT2D eigenvalue weighted by atomic mass is 9.87. The van der Waals surface area contributed by atoms with E-state index in [-0.39, 0.29) is 0 Å². The third-order valence-corrected chi connectivity index (χ3v) is 5.00. The number of carbonyl (C=O) groups is 1. The number of halogens is 20. The summed E-state index contributed by atoms with van der Waals surface area (Å²) in [7, 11) is 1.68. The van der Waals surface area contributed by atoms with Gasteiger partial charge in [0, 0.05) is 0 Å². The van der Waals surface area contributed by atoms with Gasteiger partial charge in [-0.1, -0.05) is 0 Å². The maximum atomic E-state index is 13.8. The van der Waals surface area contributed by atoms with Crippen molar-refractivity contribution in [2.45, 2.75) is 59.7 Å². The summed E-state index contributed by atoms with van der Waals surface area (Å²) in [5.74, 6) is -75.2. The van der Waals surface area contributed by atoms with Gasteiger partial charge in [-0.25, -0.2) is 9.18 Å². The van der Waals surface area contributed by atoms with Gasteiger partial charge in [-0.05, 0) is 6.08 Å². The van der Waals surface area contributed by atoms with Gasteiger partial charge in [-0.15, -0.1) is 0 Å². The monoisotopic (exact) mass is 660 g/mol. The Labute approximate surface area is 213 Å². The Morgan fingerprint density at radius 3 is 1.22 bits per heavy atom. The van der Waals surface area contributed by atoms with Crippen LogP contribution in [0.4, 0.5) is 87.8 Å². The molecule has 0 spiro atoms. The molecule has 41 heavy (non-hydrogen) atoms. The smallest absolute Gasteiger partial charge is 0.460 e. The largest absolute Gasteiger partial charge is 0.477 e. The van der Waals surface area contributed by atoms with Crippen LogP contribution in [0.25, 0.3) is 0 Å². The molecule has 2 N–H and O–H groups in total. The minimum atomic E-state index is -9.14. The van der Waals surface area contributed by atoms with Gasteiger partial charge in [0.1, 0.15) is 12.6 Å². The fourth-order valence-corrected chi connectivity index (χ4v) is 2.77. The number of nitrogens with zero attached hydrogens (tertiary/aromatic N) is 1. The van der Waals surface area contributed by atoms with Gasteiger partial charge in [0.15, 0.2) is 12.4 Å². The first-order chi connectivity index (χ1) is 17.4. The third kappa shape index (κ3) is 5.98. The molecule has 4 nitrogen and oxygen atoms in total. The summed E-state index contributed by atoms with van der Waals surface area (Å²) in [6.45, 7) is -2.30. The van der Waals surface area contributed by atoms with Gasteiger partial charge in [0.05, 0.1) is 14.1 Å². The van der Waals surface area contributed by atoms with E-state index in [4.69, 9.17) is 5.11 Å². The van der Waals surface area contributed by atoms with Crippen molar-refractivity contribution < 1.29 is 107 Å². The van der Waals surface area contributed by atoms with E-state index in [0.717, 1.165) is 14.1 Å². The quantitative estimate of drug-likeness (QED) is 0.188. The first kappa shape index (κ1) is 38.7. The number of rotatable bonds is 13. The SMILES string of the molecule is C[N+](C)(CC(=O)O)CC(O)C=C(F)C(F)(F)C(F)(F)C(F)(F)C(F)(F)C(F)(F)C(F)(F)C(F)(F)C(F)(F)C(F)(F)F. The fourth-order valence-electron chi connectivity index (χ4n) is 2.77. The van der Waals surface area contributed by atoms with Gasteiger partial charge in [0.25, 0.3) is 0 Å². The van der Waals surface area contributed by atoms with Crippen LogP contribution in [0.3, 0.4) is 0 Å². The van der Waals surface area contributed by atoms with Crippen LogP contribution in [0.15, 0.2) is 11.9 Å². The minimum absolute atomic E-state index is 0.838. The van der Waals surface area contributed by atoms with Crippen molar-refractivity contribution in [2.24, 2.45) is 0 Å². The number of likely N-dealkylation sites (N-methyl/N-ethyl adjacent to an activating group) is 1. The molecular formula is C17H14F20NO3+. The number of alkyl halides is 19. The molecule has 0 aromatic rings. The summed E-state index contributed by atoms with van der Waals surface area (Å²) in [6.07, 6.45) is -12.1. The predicted molar refractivity (Wildman–Crippen MR) is 90.3 cm³/mol. The Morgan fingerprint density at radius 1 is 0.634 bits per heavy atom. The summed E-state index contributed by atoms with van der Waals surface area (Å²) in [5.41, 5.74) is 0. The van der Waals surface area contributed by atoms with Crippen molar-refractivity contribution in [3.63, 3.8) is 0 Å². The Balaban J connectivity index is 6.84. The first-order valence-corrected chi connectivity index (χ1v) is 9.63. The Kier molecular flexibility index (Phi) is 9.89. The average Bonchev–Trinajstić information content (AvgIpc) is 2.69. The van der Waals surface area contributed by atoms with Crippen LogP contribution in [0, 0.1) is 0 Å². The van der Waals surface area contributed by atoms with E-state index in [9.17, 15) is 97.7 Å². The molecule has 1 atom stereocenters. The number of aliphatic carboxylic acids is 1. The molecule has 0 fully saturated rings. The maximum absolute atomic E-state index is 13.8. The van der Waals surface area contributed by atoms with E-state index in [1.165, 1.54) is 0 Å². The molecule has 0 radical (unpaired) electrons. The van der Waals surface area contributed by atoms with E-state index >= 15 is 0 Å². The number of carboxylic acid groups (broad SMARTS) is 1. The number of quaternary nitrogens is 1. The number of allylic oxidation sites excluding steroid dienone is 1. The van der Waals surface area contributed by atoms with Crippen LogP contribution < -0.4 is 0 Å². The number of aliphatic hydroxyl groups is 1. The normalized spacial score (nSPS) is 17.1. The van der Waals surface area contributed by atoms with E-state index in [1.54, 1.807) is 0 Å². The second-order valence-electron chi connectivity index (χ2n) is 8.85. The van der Waals surface area contributed by atoms with Gasteiger partial charge in [-0.3, -0.25) is 0 Å². The highest BCUT2D eigenvalue weighted by Gasteiger charge is 2.96. The highest BCUT2D eigenvalue weighted by atomic mass is 19.4. The summed E-state index contributed by atoms with van der Waals surface area (Å²) in [5, 5.41) is 18.0. The van der Waals surface area contributed by atoms with Crippen LogP contribution in [-0.2, 0) is 4.79 Å². The van der Waals surface area contributed by atoms with E-state index in [1.807, 2.05) is 0 Å². The van der Waals surface area contributed by atoms with Crippen LogP contribution in [0.5, 0.6) is 0 Å². The first-order valence-electron chi connectivity index (χ1n) is 9.63. The van der Waals surface area contributed by atoms with Gasteiger partial charge in [-0.2, -0.15) is 83.4 Å². The zero-order valence-corrected chi connectivity index (χ0v) is 19.4. The second-order valence-corrected chi connectivity index (χ2v) is 8.85. The van der Waals surface area contributed by atoms with E-state index in [0.29, 0.717) is 0 Å². The number of hydrogen-bond acceptors (Lipinski definition) is 2. The van der Waals surface area contributed by atoms with Crippen LogP contribution in [0.2, 0.25) is 0 Å². The number of aliphatic hydroxyl groups excluding tert-OH is 1. The van der Waals surface area contributed by atoms with Crippen LogP contribution >= 0.6 is 0 Å². The molecule has 0 saturated carbocycles. The lowest BCUT2D eigenvalue weighted by Crippen LogP contribution is -2.75. The van der Waals surface area contributed by atoms with E-state index in [2.05, 4.69) is 0 Å². The molecule has 0 heterocycles. The summed E-state index contributed by atoms with van der Waals surface area (Å²) in [4.78, 5) is 10.6. The van der Waals surface area contributed by atoms with Crippen molar-refractivity contribution in [3.05, 3.63) is 11.9 Å². The molecule has 0 aromatic carbocycles.